The summed E-state index contributed by atoms with van der Waals surface area (Å²) in [4.78, 5) is 0. The number of nitrogens with one attached hydrogen (secondary N) is 1. The molecule has 2 nitrogen and oxygen atoms in total. The van der Waals surface area contributed by atoms with Crippen LogP contribution in [0.25, 0.3) is 0 Å². The molecule has 90 valence electrons. The summed E-state index contributed by atoms with van der Waals surface area (Å²) >= 11 is 0. The van der Waals surface area contributed by atoms with Crippen molar-refractivity contribution >= 4 is 0 Å². The molecule has 1 aromatic rings. The molecule has 0 saturated carbocycles. The van der Waals surface area contributed by atoms with Crippen LogP contribution in [0.4, 0.5) is 0 Å². The minimum Gasteiger partial charge on any atom is -0.330 e. The molecule has 3 N–H and O–H groups in total. The van der Waals surface area contributed by atoms with Gasteiger partial charge in [0, 0.05) is 6.04 Å². The van der Waals surface area contributed by atoms with E-state index in [4.69, 9.17) is 5.73 Å². The first kappa shape index (κ1) is 13.2. The summed E-state index contributed by atoms with van der Waals surface area (Å²) in [5, 5.41) is 3.37. The first-order valence-corrected chi connectivity index (χ1v) is 6.17. The maximum absolute atomic E-state index is 5.67. The lowest BCUT2D eigenvalue weighted by atomic mass is 9.95. The summed E-state index contributed by atoms with van der Waals surface area (Å²) in [6.07, 6.45) is 2.20. The number of benzene rings is 1. The third-order valence-corrected chi connectivity index (χ3v) is 3.18. The quantitative estimate of drug-likeness (QED) is 0.773. The van der Waals surface area contributed by atoms with Gasteiger partial charge in [0.1, 0.15) is 0 Å². The van der Waals surface area contributed by atoms with Crippen molar-refractivity contribution in [1.29, 1.82) is 0 Å². The van der Waals surface area contributed by atoms with Gasteiger partial charge in [0.25, 0.3) is 0 Å². The summed E-state index contributed by atoms with van der Waals surface area (Å²) in [5.74, 6) is 0.559. The van der Waals surface area contributed by atoms with Gasteiger partial charge in [-0.3, -0.25) is 0 Å². The van der Waals surface area contributed by atoms with Gasteiger partial charge in [0.15, 0.2) is 0 Å². The SMILES string of the molecule is CCc1ccc(C(CC(C)CN)NC)cc1. The van der Waals surface area contributed by atoms with Gasteiger partial charge >= 0.3 is 0 Å². The average Bonchev–Trinajstić information content (AvgIpc) is 2.35. The van der Waals surface area contributed by atoms with Crippen molar-refractivity contribution < 1.29 is 0 Å². The molecule has 1 rings (SSSR count). The van der Waals surface area contributed by atoms with Crippen molar-refractivity contribution in [2.45, 2.75) is 32.7 Å². The maximum atomic E-state index is 5.67. The summed E-state index contributed by atoms with van der Waals surface area (Å²) in [6.45, 7) is 5.14. The van der Waals surface area contributed by atoms with Crippen molar-refractivity contribution in [2.24, 2.45) is 11.7 Å². The number of rotatable bonds is 6. The molecular weight excluding hydrogens is 196 g/mol. The van der Waals surface area contributed by atoms with Crippen molar-refractivity contribution in [3.05, 3.63) is 35.4 Å². The number of hydrogen-bond acceptors (Lipinski definition) is 2. The van der Waals surface area contributed by atoms with Crippen LogP contribution in [0, 0.1) is 5.92 Å². The fourth-order valence-corrected chi connectivity index (χ4v) is 1.90. The van der Waals surface area contributed by atoms with Crippen LogP contribution in [-0.4, -0.2) is 13.6 Å². The third-order valence-electron chi connectivity index (χ3n) is 3.18. The molecule has 0 bridgehead atoms. The second-order valence-corrected chi connectivity index (χ2v) is 4.51. The molecule has 2 unspecified atom stereocenters. The van der Waals surface area contributed by atoms with Gasteiger partial charge in [-0.2, -0.15) is 0 Å². The lowest BCUT2D eigenvalue weighted by molar-refractivity contribution is 0.438. The van der Waals surface area contributed by atoms with Gasteiger partial charge in [-0.15, -0.1) is 0 Å². The summed E-state index contributed by atoms with van der Waals surface area (Å²) in [5.41, 5.74) is 8.43. The molecule has 0 aliphatic rings. The number of aryl methyl sites for hydroxylation is 1. The van der Waals surface area contributed by atoms with Gasteiger partial charge in [0.05, 0.1) is 0 Å². The van der Waals surface area contributed by atoms with Crippen LogP contribution >= 0.6 is 0 Å². The van der Waals surface area contributed by atoms with E-state index < -0.39 is 0 Å². The van der Waals surface area contributed by atoms with E-state index in [1.54, 1.807) is 0 Å². The normalized spacial score (nSPS) is 14.8. The van der Waals surface area contributed by atoms with E-state index >= 15 is 0 Å². The van der Waals surface area contributed by atoms with Crippen LogP contribution in [0.3, 0.4) is 0 Å². The zero-order chi connectivity index (χ0) is 12.0. The zero-order valence-electron chi connectivity index (χ0n) is 10.7. The van der Waals surface area contributed by atoms with Gasteiger partial charge < -0.3 is 11.1 Å². The van der Waals surface area contributed by atoms with Gasteiger partial charge in [-0.05, 0) is 43.5 Å². The Morgan fingerprint density at radius 3 is 2.31 bits per heavy atom. The van der Waals surface area contributed by atoms with Crippen LogP contribution in [0.2, 0.25) is 0 Å². The molecule has 0 heterocycles. The Balaban J connectivity index is 2.70. The lowest BCUT2D eigenvalue weighted by Gasteiger charge is -2.20. The van der Waals surface area contributed by atoms with Crippen LogP contribution < -0.4 is 11.1 Å². The Hall–Kier alpha value is -0.860. The predicted octanol–water partition coefficient (Wildman–Crippen LogP) is 2.49. The smallest absolute Gasteiger partial charge is 0.0320 e. The van der Waals surface area contributed by atoms with Gasteiger partial charge in [-0.25, -0.2) is 0 Å². The van der Waals surface area contributed by atoms with E-state index in [1.165, 1.54) is 11.1 Å². The molecule has 0 aliphatic heterocycles. The van der Waals surface area contributed by atoms with E-state index in [2.05, 4.69) is 43.4 Å². The predicted molar refractivity (Wildman–Crippen MR) is 70.5 cm³/mol. The van der Waals surface area contributed by atoms with Crippen LogP contribution in [0.15, 0.2) is 24.3 Å². The topological polar surface area (TPSA) is 38.0 Å². The highest BCUT2D eigenvalue weighted by Crippen LogP contribution is 2.21. The fraction of sp³-hybridized carbons (Fsp3) is 0.571. The third kappa shape index (κ3) is 3.62. The average molecular weight is 220 g/mol. The first-order chi connectivity index (χ1) is 7.71. The highest BCUT2D eigenvalue weighted by atomic mass is 14.9. The fourth-order valence-electron chi connectivity index (χ4n) is 1.90. The molecule has 0 fully saturated rings. The largest absolute Gasteiger partial charge is 0.330 e. The van der Waals surface area contributed by atoms with E-state index in [9.17, 15) is 0 Å². The van der Waals surface area contributed by atoms with Crippen molar-refractivity contribution in [3.8, 4) is 0 Å². The first-order valence-electron chi connectivity index (χ1n) is 6.17. The van der Waals surface area contributed by atoms with Crippen molar-refractivity contribution in [2.75, 3.05) is 13.6 Å². The Morgan fingerprint density at radius 1 is 1.25 bits per heavy atom. The molecule has 0 saturated heterocycles. The van der Waals surface area contributed by atoms with Crippen LogP contribution in [0.5, 0.6) is 0 Å². The molecule has 0 aromatic heterocycles. The van der Waals surface area contributed by atoms with Crippen LogP contribution in [-0.2, 0) is 6.42 Å². The Bertz CT molecular complexity index is 292. The molecule has 16 heavy (non-hydrogen) atoms. The van der Waals surface area contributed by atoms with Crippen LogP contribution in [0.1, 0.15) is 37.4 Å². The standard InChI is InChI=1S/C14H24N2/c1-4-12-5-7-13(8-6-12)14(16-3)9-11(2)10-15/h5-8,11,14,16H,4,9-10,15H2,1-3H3. The lowest BCUT2D eigenvalue weighted by Crippen LogP contribution is -2.22. The monoisotopic (exact) mass is 220 g/mol. The highest BCUT2D eigenvalue weighted by molar-refractivity contribution is 5.25. The van der Waals surface area contributed by atoms with E-state index in [1.807, 2.05) is 7.05 Å². The highest BCUT2D eigenvalue weighted by Gasteiger charge is 2.12. The maximum Gasteiger partial charge on any atom is 0.0320 e. The van der Waals surface area contributed by atoms with E-state index in [-0.39, 0.29) is 0 Å². The summed E-state index contributed by atoms with van der Waals surface area (Å²) in [7, 11) is 2.02. The van der Waals surface area contributed by atoms with Gasteiger partial charge in [-0.1, -0.05) is 38.1 Å². The number of nitrogens with two attached hydrogens (primary N) is 1. The van der Waals surface area contributed by atoms with Crippen molar-refractivity contribution in [1.82, 2.24) is 5.32 Å². The zero-order valence-corrected chi connectivity index (χ0v) is 10.7. The second-order valence-electron chi connectivity index (χ2n) is 4.51. The molecule has 2 atom stereocenters. The molecular formula is C14H24N2. The number of hydrogen-bond donors (Lipinski definition) is 2. The molecule has 0 spiro atoms. The minimum absolute atomic E-state index is 0.421. The second kappa shape index (κ2) is 6.66. The van der Waals surface area contributed by atoms with E-state index in [0.29, 0.717) is 12.0 Å². The van der Waals surface area contributed by atoms with E-state index in [0.717, 1.165) is 19.4 Å². The summed E-state index contributed by atoms with van der Waals surface area (Å²) in [6, 6.07) is 9.30. The molecule has 2 heteroatoms. The molecule has 1 aromatic carbocycles. The Labute approximate surface area is 99.2 Å². The molecule has 0 amide bonds. The Morgan fingerprint density at radius 2 is 1.88 bits per heavy atom. The van der Waals surface area contributed by atoms with Gasteiger partial charge in [0.2, 0.25) is 0 Å². The Kier molecular flexibility index (Phi) is 5.50. The molecule has 0 aliphatic carbocycles. The van der Waals surface area contributed by atoms with Crippen molar-refractivity contribution in [3.63, 3.8) is 0 Å². The summed E-state index contributed by atoms with van der Waals surface area (Å²) < 4.78 is 0. The molecule has 0 radical (unpaired) electrons. The minimum atomic E-state index is 0.421.